The van der Waals surface area contributed by atoms with Crippen LogP contribution in [-0.2, 0) is 0 Å². The second kappa shape index (κ2) is 9.89. The van der Waals surface area contributed by atoms with Crippen molar-refractivity contribution in [1.29, 1.82) is 0 Å². The van der Waals surface area contributed by atoms with Gasteiger partial charge in [0, 0.05) is 5.38 Å². The van der Waals surface area contributed by atoms with Crippen LogP contribution in [0, 0.1) is 46.3 Å². The zero-order valence-corrected chi connectivity index (χ0v) is 22.0. The number of allylic oxidation sites excluding steroid dienone is 2. The highest BCUT2D eigenvalue weighted by atomic mass is 35.5. The number of hydrogen-bond acceptors (Lipinski definition) is 0. The van der Waals surface area contributed by atoms with Crippen LogP contribution in [0.25, 0.3) is 0 Å². The first kappa shape index (κ1) is 24.7. The van der Waals surface area contributed by atoms with E-state index in [1.807, 2.05) is 0 Å². The Morgan fingerprint density at radius 2 is 1.70 bits per heavy atom. The highest BCUT2D eigenvalue weighted by molar-refractivity contribution is 6.20. The molecule has 8 atom stereocenters. The van der Waals surface area contributed by atoms with Crippen molar-refractivity contribution in [1.82, 2.24) is 0 Å². The van der Waals surface area contributed by atoms with E-state index in [1.54, 1.807) is 5.57 Å². The Kier molecular flexibility index (Phi) is 8.13. The summed E-state index contributed by atoms with van der Waals surface area (Å²) in [5, 5.41) is 0.264. The number of halogens is 1. The minimum atomic E-state index is 0.264. The highest BCUT2D eigenvalue weighted by Gasteiger charge is 2.58. The van der Waals surface area contributed by atoms with Crippen LogP contribution < -0.4 is 0 Å². The molecule has 30 heavy (non-hydrogen) atoms. The molecule has 0 saturated heterocycles. The summed E-state index contributed by atoms with van der Waals surface area (Å²) in [6, 6.07) is 0. The van der Waals surface area contributed by atoms with E-state index in [1.165, 1.54) is 64.2 Å². The fraction of sp³-hybridized carbons (Fsp3) is 0.931. The first-order valence-electron chi connectivity index (χ1n) is 13.5. The Hall–Kier alpha value is 0.0300. The molecule has 174 valence electrons. The maximum absolute atomic E-state index is 6.46. The minimum absolute atomic E-state index is 0.264. The molecular formula is C29H51Cl. The van der Waals surface area contributed by atoms with Gasteiger partial charge in [-0.3, -0.25) is 0 Å². The maximum atomic E-state index is 6.46. The van der Waals surface area contributed by atoms with Gasteiger partial charge >= 0.3 is 0 Å². The smallest absolute Gasteiger partial charge is 0.0345 e. The van der Waals surface area contributed by atoms with E-state index in [0.717, 1.165) is 41.9 Å². The molecule has 0 aromatic carbocycles. The van der Waals surface area contributed by atoms with Crippen LogP contribution >= 0.6 is 11.6 Å². The molecule has 0 spiro atoms. The van der Waals surface area contributed by atoms with Crippen molar-refractivity contribution in [2.45, 2.75) is 124 Å². The van der Waals surface area contributed by atoms with E-state index in [2.05, 4.69) is 54.5 Å². The summed E-state index contributed by atoms with van der Waals surface area (Å²) in [6.45, 7) is 17.2. The lowest BCUT2D eigenvalue weighted by molar-refractivity contribution is -0.0455. The molecular weight excluding hydrogens is 384 g/mol. The monoisotopic (exact) mass is 434 g/mol. The van der Waals surface area contributed by atoms with E-state index >= 15 is 0 Å². The van der Waals surface area contributed by atoms with Crippen molar-refractivity contribution in [2.75, 3.05) is 0 Å². The second-order valence-electron chi connectivity index (χ2n) is 12.5. The summed E-state index contributed by atoms with van der Waals surface area (Å²) in [4.78, 5) is 0. The van der Waals surface area contributed by atoms with Gasteiger partial charge in [-0.25, -0.2) is 0 Å². The Balaban J connectivity index is 1.71. The molecule has 0 radical (unpaired) electrons. The minimum Gasteiger partial charge on any atom is -0.123 e. The predicted molar refractivity (Wildman–Crippen MR) is 134 cm³/mol. The molecule has 3 rings (SSSR count). The van der Waals surface area contributed by atoms with Crippen molar-refractivity contribution >= 4 is 11.6 Å². The third-order valence-electron chi connectivity index (χ3n) is 10.3. The van der Waals surface area contributed by atoms with E-state index in [4.69, 9.17) is 11.6 Å². The second-order valence-corrected chi connectivity index (χ2v) is 13.2. The number of fused-ring (bicyclic) bond motifs is 3. The lowest BCUT2D eigenvalue weighted by atomic mass is 9.48. The molecule has 1 heteroatoms. The van der Waals surface area contributed by atoms with Crippen LogP contribution in [0.1, 0.15) is 119 Å². The molecule has 3 aliphatic rings. The summed E-state index contributed by atoms with van der Waals surface area (Å²) in [5.74, 6) is 5.49. The van der Waals surface area contributed by atoms with Crippen molar-refractivity contribution in [3.05, 3.63) is 11.6 Å². The molecule has 0 nitrogen and oxygen atoms in total. The van der Waals surface area contributed by atoms with Gasteiger partial charge in [-0.05, 0) is 98.2 Å². The van der Waals surface area contributed by atoms with Crippen LogP contribution in [0.2, 0.25) is 0 Å². The van der Waals surface area contributed by atoms with Crippen molar-refractivity contribution in [3.63, 3.8) is 0 Å². The molecule has 0 amide bonds. The summed E-state index contributed by atoms with van der Waals surface area (Å²) in [7, 11) is 0. The van der Waals surface area contributed by atoms with Gasteiger partial charge in [0.05, 0.1) is 0 Å². The van der Waals surface area contributed by atoms with Gasteiger partial charge in [0.2, 0.25) is 0 Å². The summed E-state index contributed by atoms with van der Waals surface area (Å²) < 4.78 is 0. The zero-order chi connectivity index (χ0) is 22.1. The third kappa shape index (κ3) is 4.70. The fourth-order valence-electron chi connectivity index (χ4n) is 8.46. The zero-order valence-electron chi connectivity index (χ0n) is 21.3. The van der Waals surface area contributed by atoms with Crippen molar-refractivity contribution < 1.29 is 0 Å². The molecule has 0 heterocycles. The van der Waals surface area contributed by atoms with Gasteiger partial charge in [-0.2, -0.15) is 0 Å². The van der Waals surface area contributed by atoms with Gasteiger partial charge in [-0.1, -0.05) is 78.9 Å². The Bertz CT molecular complexity index is 589. The number of unbranched alkanes of at least 4 members (excludes halogenated alkanes) is 1. The Morgan fingerprint density at radius 1 is 1.00 bits per heavy atom. The van der Waals surface area contributed by atoms with Crippen molar-refractivity contribution in [3.8, 4) is 0 Å². The normalized spacial score (nSPS) is 40.6. The summed E-state index contributed by atoms with van der Waals surface area (Å²) in [6.07, 6.45) is 18.0. The number of alkyl halides is 1. The first-order chi connectivity index (χ1) is 14.1. The van der Waals surface area contributed by atoms with E-state index < -0.39 is 0 Å². The summed E-state index contributed by atoms with van der Waals surface area (Å²) in [5.41, 5.74) is 2.66. The quantitative estimate of drug-likeness (QED) is 0.192. The molecule has 2 unspecified atom stereocenters. The largest absolute Gasteiger partial charge is 0.123 e. The van der Waals surface area contributed by atoms with Crippen LogP contribution in [0.3, 0.4) is 0 Å². The molecule has 0 aliphatic heterocycles. The molecule has 2 fully saturated rings. The van der Waals surface area contributed by atoms with Gasteiger partial charge in [0.25, 0.3) is 0 Å². The molecule has 0 N–H and O–H groups in total. The van der Waals surface area contributed by atoms with Crippen molar-refractivity contribution in [2.24, 2.45) is 46.3 Å². The summed E-state index contributed by atoms with van der Waals surface area (Å²) >= 11 is 6.46. The molecule has 0 aromatic heterocycles. The Morgan fingerprint density at radius 3 is 2.33 bits per heavy atom. The van der Waals surface area contributed by atoms with E-state index in [9.17, 15) is 0 Å². The number of rotatable bonds is 9. The molecule has 2 saturated carbocycles. The van der Waals surface area contributed by atoms with Gasteiger partial charge < -0.3 is 0 Å². The standard InChI is InChI=1S/C29H51Cl/c1-8-28(6)23(19-22(5)30)13-14-24-26-16-15-25(29(26,7)18-17-27(24)28)21(4)12-10-9-11-20(2)3/h13,20-22,24-27H,8-12,14-19H2,1-7H3/t21-,22+,24+,25-,26?,27?,28+,29-/m1/s1. The average Bonchev–Trinajstić information content (AvgIpc) is 3.04. The van der Waals surface area contributed by atoms with Gasteiger partial charge in [0.1, 0.15) is 0 Å². The Labute approximate surface area is 194 Å². The lowest BCUT2D eigenvalue weighted by Gasteiger charge is -2.57. The topological polar surface area (TPSA) is 0 Å². The molecule has 0 aromatic rings. The average molecular weight is 435 g/mol. The molecule has 0 bridgehead atoms. The third-order valence-corrected chi connectivity index (χ3v) is 10.5. The lowest BCUT2D eigenvalue weighted by Crippen LogP contribution is -2.49. The van der Waals surface area contributed by atoms with Crippen LogP contribution in [-0.4, -0.2) is 5.38 Å². The predicted octanol–water partition coefficient (Wildman–Crippen LogP) is 9.66. The maximum Gasteiger partial charge on any atom is 0.0345 e. The SMILES string of the molecule is CC[C@@]1(C)C(C[C@H](C)Cl)=CC[C@@H]2C1CC[C@@]1(C)C2CC[C@@H]1[C@H](C)CCCCC(C)C. The van der Waals surface area contributed by atoms with Gasteiger partial charge in [-0.15, -0.1) is 11.6 Å². The molecule has 3 aliphatic carbocycles. The van der Waals surface area contributed by atoms with Crippen LogP contribution in [0.4, 0.5) is 0 Å². The van der Waals surface area contributed by atoms with Crippen LogP contribution in [0.15, 0.2) is 11.6 Å². The van der Waals surface area contributed by atoms with E-state index in [0.29, 0.717) is 10.8 Å². The van der Waals surface area contributed by atoms with E-state index in [-0.39, 0.29) is 5.38 Å². The first-order valence-corrected chi connectivity index (χ1v) is 13.9. The number of hydrogen-bond donors (Lipinski definition) is 0. The van der Waals surface area contributed by atoms with Crippen LogP contribution in [0.5, 0.6) is 0 Å². The fourth-order valence-corrected chi connectivity index (χ4v) is 8.63. The highest BCUT2D eigenvalue weighted by Crippen LogP contribution is 2.66. The van der Waals surface area contributed by atoms with Gasteiger partial charge in [0.15, 0.2) is 0 Å².